The van der Waals surface area contributed by atoms with Gasteiger partial charge >= 0.3 is 0 Å². The maximum absolute atomic E-state index is 6.18. The summed E-state index contributed by atoms with van der Waals surface area (Å²) in [6, 6.07) is 16.6. The van der Waals surface area contributed by atoms with Gasteiger partial charge in [-0.15, -0.1) is 0 Å². The van der Waals surface area contributed by atoms with Crippen LogP contribution in [0.5, 0.6) is 0 Å². The van der Waals surface area contributed by atoms with E-state index in [4.69, 9.17) is 11.6 Å². The minimum absolute atomic E-state index is 0.263. The van der Waals surface area contributed by atoms with Crippen molar-refractivity contribution in [2.45, 2.75) is 18.2 Å². The molecule has 0 saturated carbocycles. The topological polar surface area (TPSA) is 0 Å². The molecule has 0 aliphatic heterocycles. The van der Waals surface area contributed by atoms with Gasteiger partial charge in [0, 0.05) is 9.85 Å². The molecule has 1 unspecified atom stereocenters. The van der Waals surface area contributed by atoms with Crippen LogP contribution in [0.4, 0.5) is 0 Å². The van der Waals surface area contributed by atoms with Gasteiger partial charge in [0.05, 0.1) is 0 Å². The van der Waals surface area contributed by atoms with Gasteiger partial charge in [-0.3, -0.25) is 0 Å². The van der Waals surface area contributed by atoms with Crippen LogP contribution in [-0.2, 0) is 6.42 Å². The summed E-state index contributed by atoms with van der Waals surface area (Å²) in [4.78, 5) is 0.263. The van der Waals surface area contributed by atoms with Crippen LogP contribution >= 0.6 is 27.5 Å². The Labute approximate surface area is 116 Å². The van der Waals surface area contributed by atoms with Gasteiger partial charge in [-0.1, -0.05) is 75.6 Å². The fraction of sp³-hybridized carbons (Fsp3) is 0.200. The number of aryl methyl sites for hydroxylation is 1. The van der Waals surface area contributed by atoms with E-state index in [1.807, 2.05) is 18.2 Å². The molecule has 0 heterocycles. The third-order valence-electron chi connectivity index (χ3n) is 2.78. The highest BCUT2D eigenvalue weighted by Crippen LogP contribution is 2.32. The Balaban J connectivity index is 2.14. The molecule has 0 bridgehead atoms. The predicted molar refractivity (Wildman–Crippen MR) is 78.0 cm³/mol. The SMILES string of the molecule is Cc1ccc(CC(Br)c2ccccc2Cl)cc1. The Morgan fingerprint density at radius 1 is 1.06 bits per heavy atom. The van der Waals surface area contributed by atoms with Gasteiger partial charge in [0.25, 0.3) is 0 Å². The summed E-state index contributed by atoms with van der Waals surface area (Å²) in [5.41, 5.74) is 3.75. The summed E-state index contributed by atoms with van der Waals surface area (Å²) in [6.07, 6.45) is 0.948. The molecule has 17 heavy (non-hydrogen) atoms. The van der Waals surface area contributed by atoms with Crippen molar-refractivity contribution in [3.8, 4) is 0 Å². The molecule has 2 heteroatoms. The summed E-state index contributed by atoms with van der Waals surface area (Å²) < 4.78 is 0. The lowest BCUT2D eigenvalue weighted by Crippen LogP contribution is -1.96. The number of halogens is 2. The molecule has 0 saturated heterocycles. The maximum atomic E-state index is 6.18. The minimum Gasteiger partial charge on any atom is -0.0840 e. The normalized spacial score (nSPS) is 12.4. The first-order chi connectivity index (χ1) is 8.16. The van der Waals surface area contributed by atoms with E-state index in [-0.39, 0.29) is 4.83 Å². The molecule has 0 N–H and O–H groups in total. The van der Waals surface area contributed by atoms with Crippen LogP contribution in [0.3, 0.4) is 0 Å². The molecule has 0 spiro atoms. The third-order valence-corrected chi connectivity index (χ3v) is 3.94. The van der Waals surface area contributed by atoms with Gasteiger partial charge in [0.1, 0.15) is 0 Å². The number of alkyl halides is 1. The van der Waals surface area contributed by atoms with Crippen molar-refractivity contribution in [3.05, 3.63) is 70.2 Å². The van der Waals surface area contributed by atoms with Crippen LogP contribution in [-0.4, -0.2) is 0 Å². The molecule has 88 valence electrons. The Morgan fingerprint density at radius 2 is 1.71 bits per heavy atom. The average molecular weight is 310 g/mol. The van der Waals surface area contributed by atoms with Crippen LogP contribution in [0.15, 0.2) is 48.5 Å². The van der Waals surface area contributed by atoms with Gasteiger partial charge in [0.15, 0.2) is 0 Å². The van der Waals surface area contributed by atoms with E-state index < -0.39 is 0 Å². The van der Waals surface area contributed by atoms with Gasteiger partial charge in [-0.05, 0) is 30.5 Å². The van der Waals surface area contributed by atoms with Crippen molar-refractivity contribution in [3.63, 3.8) is 0 Å². The van der Waals surface area contributed by atoms with E-state index in [1.165, 1.54) is 11.1 Å². The predicted octanol–water partition coefficient (Wildman–Crippen LogP) is 5.33. The van der Waals surface area contributed by atoms with Crippen molar-refractivity contribution < 1.29 is 0 Å². The van der Waals surface area contributed by atoms with Crippen molar-refractivity contribution >= 4 is 27.5 Å². The van der Waals surface area contributed by atoms with Gasteiger partial charge in [0.2, 0.25) is 0 Å². The summed E-state index contributed by atoms with van der Waals surface area (Å²) in [7, 11) is 0. The number of rotatable bonds is 3. The van der Waals surface area contributed by atoms with Crippen LogP contribution in [0.1, 0.15) is 21.5 Å². The highest BCUT2D eigenvalue weighted by molar-refractivity contribution is 9.09. The second-order valence-corrected chi connectivity index (χ2v) is 5.69. The molecule has 0 fully saturated rings. The zero-order chi connectivity index (χ0) is 12.3. The highest BCUT2D eigenvalue weighted by Gasteiger charge is 2.11. The van der Waals surface area contributed by atoms with Gasteiger partial charge in [-0.2, -0.15) is 0 Å². The molecule has 2 aromatic carbocycles. The van der Waals surface area contributed by atoms with E-state index in [1.54, 1.807) is 0 Å². The van der Waals surface area contributed by atoms with E-state index in [0.29, 0.717) is 0 Å². The molecule has 0 aromatic heterocycles. The molecule has 0 aliphatic rings. The fourth-order valence-corrected chi connectivity index (χ4v) is 2.94. The largest absolute Gasteiger partial charge is 0.0840 e. The molecule has 1 atom stereocenters. The summed E-state index contributed by atoms with van der Waals surface area (Å²) in [6.45, 7) is 2.10. The molecule has 0 aliphatic carbocycles. The summed E-state index contributed by atoms with van der Waals surface area (Å²) >= 11 is 9.89. The standard InChI is InChI=1S/C15H14BrCl/c1-11-6-8-12(9-7-11)10-14(16)13-4-2-3-5-15(13)17/h2-9,14H,10H2,1H3. The lowest BCUT2D eigenvalue weighted by atomic mass is 10.0. The minimum atomic E-state index is 0.263. The quantitative estimate of drug-likeness (QED) is 0.672. The van der Waals surface area contributed by atoms with Crippen molar-refractivity contribution in [1.82, 2.24) is 0 Å². The smallest absolute Gasteiger partial charge is 0.0450 e. The molecule has 0 radical (unpaired) electrons. The van der Waals surface area contributed by atoms with Crippen LogP contribution in [0.2, 0.25) is 5.02 Å². The van der Waals surface area contributed by atoms with Crippen LogP contribution in [0, 0.1) is 6.92 Å². The monoisotopic (exact) mass is 308 g/mol. The van der Waals surface area contributed by atoms with Gasteiger partial charge < -0.3 is 0 Å². The first-order valence-corrected chi connectivity index (χ1v) is 6.90. The van der Waals surface area contributed by atoms with Crippen LogP contribution in [0.25, 0.3) is 0 Å². The highest BCUT2D eigenvalue weighted by atomic mass is 79.9. The molecule has 2 aromatic rings. The second-order valence-electron chi connectivity index (χ2n) is 4.18. The number of hydrogen-bond acceptors (Lipinski definition) is 0. The summed E-state index contributed by atoms with van der Waals surface area (Å²) in [5, 5.41) is 0.821. The fourth-order valence-electron chi connectivity index (χ4n) is 1.77. The lowest BCUT2D eigenvalue weighted by molar-refractivity contribution is 0.948. The van der Waals surface area contributed by atoms with Crippen molar-refractivity contribution in [2.24, 2.45) is 0 Å². The van der Waals surface area contributed by atoms with E-state index in [9.17, 15) is 0 Å². The molecule has 2 rings (SSSR count). The molecular weight excluding hydrogens is 296 g/mol. The first-order valence-electron chi connectivity index (χ1n) is 5.61. The Hall–Kier alpha value is -0.790. The van der Waals surface area contributed by atoms with Gasteiger partial charge in [-0.25, -0.2) is 0 Å². The second kappa shape index (κ2) is 5.70. The average Bonchev–Trinajstić information content (AvgIpc) is 2.32. The Bertz CT molecular complexity index is 491. The Morgan fingerprint density at radius 3 is 2.35 bits per heavy atom. The molecule has 0 nitrogen and oxygen atoms in total. The first kappa shape index (κ1) is 12.7. The lowest BCUT2D eigenvalue weighted by Gasteiger charge is -2.12. The van der Waals surface area contributed by atoms with Crippen molar-refractivity contribution in [1.29, 1.82) is 0 Å². The van der Waals surface area contributed by atoms with E-state index in [0.717, 1.165) is 17.0 Å². The van der Waals surface area contributed by atoms with E-state index >= 15 is 0 Å². The summed E-state index contributed by atoms with van der Waals surface area (Å²) in [5.74, 6) is 0. The Kier molecular flexibility index (Phi) is 4.25. The zero-order valence-corrected chi connectivity index (χ0v) is 12.0. The maximum Gasteiger partial charge on any atom is 0.0450 e. The van der Waals surface area contributed by atoms with Crippen LogP contribution < -0.4 is 0 Å². The van der Waals surface area contributed by atoms with E-state index in [2.05, 4.69) is 53.2 Å². The zero-order valence-electron chi connectivity index (χ0n) is 9.66. The molecule has 0 amide bonds. The number of benzene rings is 2. The molecular formula is C15H14BrCl. The number of hydrogen-bond donors (Lipinski definition) is 0. The van der Waals surface area contributed by atoms with Crippen molar-refractivity contribution in [2.75, 3.05) is 0 Å². The third kappa shape index (κ3) is 3.34.